The molecule has 2 aliphatic rings. The third-order valence-corrected chi connectivity index (χ3v) is 7.86. The molecule has 5 rings (SSSR count). The molecule has 1 amide bonds. The monoisotopic (exact) mass is 542 g/mol. The van der Waals surface area contributed by atoms with Crippen molar-refractivity contribution in [3.05, 3.63) is 66.6 Å². The predicted molar refractivity (Wildman–Crippen MR) is 162 cm³/mol. The average Bonchev–Trinajstić information content (AvgIpc) is 3.36. The summed E-state index contributed by atoms with van der Waals surface area (Å²) in [4.78, 5) is 21.8. The number of likely N-dealkylation sites (tertiary alicyclic amines) is 1. The highest BCUT2D eigenvalue weighted by Crippen LogP contribution is 2.39. The van der Waals surface area contributed by atoms with E-state index >= 15 is 0 Å². The Morgan fingerprint density at radius 3 is 2.77 bits per heavy atom. The van der Waals surface area contributed by atoms with Crippen molar-refractivity contribution < 1.29 is 9.53 Å². The molecular formula is C30H38N8O2. The van der Waals surface area contributed by atoms with Gasteiger partial charge in [-0.2, -0.15) is 5.10 Å². The van der Waals surface area contributed by atoms with E-state index in [1.165, 1.54) is 6.08 Å². The van der Waals surface area contributed by atoms with Crippen molar-refractivity contribution in [2.45, 2.75) is 31.8 Å². The molecule has 0 spiro atoms. The van der Waals surface area contributed by atoms with E-state index in [4.69, 9.17) is 4.74 Å². The number of hydrogen-bond acceptors (Lipinski definition) is 8. The van der Waals surface area contributed by atoms with E-state index in [1.807, 2.05) is 36.1 Å². The van der Waals surface area contributed by atoms with Crippen molar-refractivity contribution >= 4 is 40.2 Å². The Bertz CT molecular complexity index is 1450. The van der Waals surface area contributed by atoms with Crippen LogP contribution in [0, 0.1) is 0 Å². The smallest absolute Gasteiger partial charge is 0.247 e. The van der Waals surface area contributed by atoms with Crippen LogP contribution in [0.4, 0.5) is 17.1 Å². The molecule has 0 aliphatic carbocycles. The zero-order chi connectivity index (χ0) is 28.2. The highest BCUT2D eigenvalue weighted by molar-refractivity contribution is 6.02. The van der Waals surface area contributed by atoms with Crippen LogP contribution >= 0.6 is 0 Å². The van der Waals surface area contributed by atoms with Gasteiger partial charge in [0, 0.05) is 44.7 Å². The number of piperidine rings is 1. The van der Waals surface area contributed by atoms with Crippen LogP contribution in [0.2, 0.25) is 0 Å². The zero-order valence-corrected chi connectivity index (χ0v) is 23.6. The van der Waals surface area contributed by atoms with Gasteiger partial charge in [0.2, 0.25) is 5.91 Å². The van der Waals surface area contributed by atoms with E-state index in [0.29, 0.717) is 17.5 Å². The summed E-state index contributed by atoms with van der Waals surface area (Å²) in [6.07, 6.45) is 8.98. The van der Waals surface area contributed by atoms with Crippen LogP contribution in [-0.2, 0) is 11.8 Å². The number of aromatic nitrogens is 2. The highest BCUT2D eigenvalue weighted by atomic mass is 16.5. The van der Waals surface area contributed by atoms with Crippen LogP contribution in [0.25, 0.3) is 10.9 Å². The maximum Gasteiger partial charge on any atom is 0.247 e. The Kier molecular flexibility index (Phi) is 8.06. The standard InChI is InChI=1S/C30H38N8O2/c1-6-30(39)35-24-15-25(28(40-5)17-27(24)36(3)22-10-12-38(7-2)13-11-22)34-29-16-23(31-19-32-29)20-8-9-21-18-33-37(4)26(21)14-20/h6,8-9,14-19,22-23,34H,1,7,10-13H2,2-5H3,(H,31,32)(H,35,39). The Balaban J connectivity index is 1.43. The average molecular weight is 543 g/mol. The van der Waals surface area contributed by atoms with E-state index in [0.717, 1.165) is 66.1 Å². The zero-order valence-electron chi connectivity index (χ0n) is 23.6. The Morgan fingerprint density at radius 2 is 2.05 bits per heavy atom. The maximum absolute atomic E-state index is 12.4. The fourth-order valence-electron chi connectivity index (χ4n) is 5.42. The van der Waals surface area contributed by atoms with E-state index in [2.05, 4.69) is 74.6 Å². The summed E-state index contributed by atoms with van der Waals surface area (Å²) in [6.45, 7) is 9.03. The van der Waals surface area contributed by atoms with Crippen molar-refractivity contribution in [1.29, 1.82) is 0 Å². The van der Waals surface area contributed by atoms with Gasteiger partial charge in [-0.15, -0.1) is 0 Å². The fraction of sp³-hybridized carbons (Fsp3) is 0.367. The van der Waals surface area contributed by atoms with Gasteiger partial charge >= 0.3 is 0 Å². The van der Waals surface area contributed by atoms with Crippen LogP contribution in [-0.4, -0.2) is 66.8 Å². The van der Waals surface area contributed by atoms with Crippen molar-refractivity contribution in [1.82, 2.24) is 20.0 Å². The topological polar surface area (TPSA) is 99.0 Å². The van der Waals surface area contributed by atoms with E-state index in [-0.39, 0.29) is 11.9 Å². The van der Waals surface area contributed by atoms with Crippen LogP contribution in [0.15, 0.2) is 66.1 Å². The highest BCUT2D eigenvalue weighted by Gasteiger charge is 2.25. The number of fused-ring (bicyclic) bond motifs is 1. The number of hydrogen-bond donors (Lipinski definition) is 3. The number of methoxy groups -OCH3 is 1. The van der Waals surface area contributed by atoms with E-state index in [1.54, 1.807) is 13.4 Å². The number of ether oxygens (including phenoxy) is 1. The third kappa shape index (κ3) is 5.67. The Morgan fingerprint density at radius 1 is 1.25 bits per heavy atom. The molecule has 1 atom stereocenters. The first kappa shape index (κ1) is 27.3. The normalized spacial score (nSPS) is 17.7. The molecule has 0 radical (unpaired) electrons. The van der Waals surface area contributed by atoms with Crippen LogP contribution in [0.1, 0.15) is 31.4 Å². The van der Waals surface area contributed by atoms with Gasteiger partial charge in [0.1, 0.15) is 11.6 Å². The number of anilines is 3. The minimum atomic E-state index is -0.265. The number of nitrogens with one attached hydrogen (secondary N) is 3. The van der Waals surface area contributed by atoms with E-state index in [9.17, 15) is 4.79 Å². The van der Waals surface area contributed by atoms with Gasteiger partial charge < -0.3 is 30.5 Å². The Labute approximate surface area is 235 Å². The van der Waals surface area contributed by atoms with Crippen molar-refractivity contribution in [2.24, 2.45) is 12.0 Å². The maximum atomic E-state index is 12.4. The second-order valence-corrected chi connectivity index (χ2v) is 10.2. The molecule has 1 unspecified atom stereocenters. The molecule has 0 bridgehead atoms. The van der Waals surface area contributed by atoms with Crippen molar-refractivity contribution in [3.8, 4) is 5.75 Å². The van der Waals surface area contributed by atoms with E-state index < -0.39 is 0 Å². The molecule has 3 heterocycles. The van der Waals surface area contributed by atoms with Gasteiger partial charge in [0.25, 0.3) is 0 Å². The molecule has 40 heavy (non-hydrogen) atoms. The minimum Gasteiger partial charge on any atom is -0.494 e. The lowest BCUT2D eigenvalue weighted by atomic mass is 10.0. The molecular weight excluding hydrogens is 504 g/mol. The number of rotatable bonds is 9. The van der Waals surface area contributed by atoms with Gasteiger partial charge in [-0.25, -0.2) is 0 Å². The number of aliphatic imine (C=N–C) groups is 1. The lowest BCUT2D eigenvalue weighted by molar-refractivity contribution is -0.111. The van der Waals surface area contributed by atoms with Gasteiger partial charge in [0.15, 0.2) is 0 Å². The first-order chi connectivity index (χ1) is 19.4. The van der Waals surface area contributed by atoms with Crippen LogP contribution < -0.4 is 25.6 Å². The van der Waals surface area contributed by atoms with Crippen molar-refractivity contribution in [3.63, 3.8) is 0 Å². The fourth-order valence-corrected chi connectivity index (χ4v) is 5.42. The van der Waals surface area contributed by atoms with Gasteiger partial charge in [-0.1, -0.05) is 25.6 Å². The first-order valence-corrected chi connectivity index (χ1v) is 13.7. The van der Waals surface area contributed by atoms with Crippen LogP contribution in [0.5, 0.6) is 5.75 Å². The summed E-state index contributed by atoms with van der Waals surface area (Å²) in [5.41, 5.74) is 4.43. The molecule has 0 saturated carbocycles. The van der Waals surface area contributed by atoms with Gasteiger partial charge in [-0.3, -0.25) is 14.5 Å². The molecule has 10 heteroatoms. The predicted octanol–water partition coefficient (Wildman–Crippen LogP) is 4.25. The summed E-state index contributed by atoms with van der Waals surface area (Å²) in [5.74, 6) is 1.17. The quantitative estimate of drug-likeness (QED) is 0.348. The number of amides is 1. The lowest BCUT2D eigenvalue weighted by Gasteiger charge is -2.38. The summed E-state index contributed by atoms with van der Waals surface area (Å²) in [5, 5.41) is 15.1. The van der Waals surface area contributed by atoms with Gasteiger partial charge in [-0.05, 0) is 49.2 Å². The van der Waals surface area contributed by atoms with Crippen molar-refractivity contribution in [2.75, 3.05) is 49.3 Å². The number of benzene rings is 2. The number of aryl methyl sites for hydroxylation is 1. The Hall–Kier alpha value is -4.31. The molecule has 3 aromatic rings. The second-order valence-electron chi connectivity index (χ2n) is 10.2. The number of carbonyl (C=O) groups excluding carboxylic acids is 1. The molecule has 1 saturated heterocycles. The summed E-state index contributed by atoms with van der Waals surface area (Å²) in [7, 11) is 5.68. The first-order valence-electron chi connectivity index (χ1n) is 13.7. The molecule has 3 N–H and O–H groups in total. The molecule has 1 aromatic heterocycles. The molecule has 2 aliphatic heterocycles. The van der Waals surface area contributed by atoms with Gasteiger partial charge in [0.05, 0.1) is 48.3 Å². The number of nitrogens with zero attached hydrogens (tertiary/aromatic N) is 5. The summed E-state index contributed by atoms with van der Waals surface area (Å²) >= 11 is 0. The number of carbonyl (C=O) groups is 1. The molecule has 2 aromatic carbocycles. The molecule has 1 fully saturated rings. The third-order valence-electron chi connectivity index (χ3n) is 7.86. The minimum absolute atomic E-state index is 0.173. The summed E-state index contributed by atoms with van der Waals surface area (Å²) in [6, 6.07) is 10.3. The summed E-state index contributed by atoms with van der Waals surface area (Å²) < 4.78 is 7.68. The largest absolute Gasteiger partial charge is 0.494 e. The second kappa shape index (κ2) is 11.8. The SMILES string of the molecule is C=CC(=O)Nc1cc(NC2=CC(c3ccc4cnn(C)c4c3)N=CN2)c(OC)cc1N(C)C1CCN(CC)CC1. The molecule has 10 nitrogen and oxygen atoms in total. The molecule has 210 valence electrons. The van der Waals surface area contributed by atoms with Crippen LogP contribution in [0.3, 0.4) is 0 Å². The lowest BCUT2D eigenvalue weighted by Crippen LogP contribution is -2.43.